The smallest absolute Gasteiger partial charge is 0.153 e. The van der Waals surface area contributed by atoms with Gasteiger partial charge in [-0.2, -0.15) is 0 Å². The first kappa shape index (κ1) is 15.3. The van der Waals surface area contributed by atoms with Crippen LogP contribution in [0.3, 0.4) is 0 Å². The van der Waals surface area contributed by atoms with Gasteiger partial charge in [0.25, 0.3) is 0 Å². The third-order valence-electron chi connectivity index (χ3n) is 3.64. The highest BCUT2D eigenvalue weighted by Crippen LogP contribution is 2.18. The lowest BCUT2D eigenvalue weighted by Crippen LogP contribution is -2.40. The Balaban J connectivity index is 1.98. The highest BCUT2D eigenvalue weighted by Gasteiger charge is 2.22. The van der Waals surface area contributed by atoms with E-state index in [1.54, 1.807) is 0 Å². The van der Waals surface area contributed by atoms with Gasteiger partial charge in [-0.25, -0.2) is 13.4 Å². The van der Waals surface area contributed by atoms with Gasteiger partial charge in [-0.15, -0.1) is 0 Å². The summed E-state index contributed by atoms with van der Waals surface area (Å²) >= 11 is 0. The van der Waals surface area contributed by atoms with Crippen LogP contribution in [0.1, 0.15) is 31.9 Å². The Morgan fingerprint density at radius 3 is 2.60 bits per heavy atom. The number of rotatable bonds is 5. The monoisotopic (exact) mass is 297 g/mol. The molecule has 20 heavy (non-hydrogen) atoms. The maximum Gasteiger partial charge on any atom is 0.153 e. The third-order valence-corrected chi connectivity index (χ3v) is 5.25. The highest BCUT2D eigenvalue weighted by atomic mass is 32.2. The molecule has 1 atom stereocenters. The van der Waals surface area contributed by atoms with Crippen molar-refractivity contribution >= 4 is 15.7 Å². The minimum atomic E-state index is -2.83. The molecule has 0 radical (unpaired) electrons. The number of hydrogen-bond donors (Lipinski definition) is 1. The average molecular weight is 297 g/mol. The van der Waals surface area contributed by atoms with Gasteiger partial charge in [-0.05, 0) is 31.5 Å². The molecule has 1 N–H and O–H groups in total. The van der Waals surface area contributed by atoms with Crippen molar-refractivity contribution in [3.05, 3.63) is 23.9 Å². The Kier molecular flexibility index (Phi) is 4.99. The van der Waals surface area contributed by atoms with E-state index < -0.39 is 9.84 Å². The summed E-state index contributed by atoms with van der Waals surface area (Å²) in [5.74, 6) is 1.32. The second-order valence-corrected chi connectivity index (χ2v) is 7.57. The van der Waals surface area contributed by atoms with Crippen molar-refractivity contribution in [1.82, 2.24) is 10.3 Å². The van der Waals surface area contributed by atoms with Gasteiger partial charge in [0, 0.05) is 25.3 Å². The lowest BCUT2D eigenvalue weighted by atomic mass is 10.1. The predicted octanol–water partition coefficient (Wildman–Crippen LogP) is 1.38. The highest BCUT2D eigenvalue weighted by molar-refractivity contribution is 7.91. The van der Waals surface area contributed by atoms with E-state index in [-0.39, 0.29) is 11.5 Å². The molecule has 0 amide bonds. The molecule has 1 aromatic rings. The second kappa shape index (κ2) is 6.54. The summed E-state index contributed by atoms with van der Waals surface area (Å²) < 4.78 is 22.8. The van der Waals surface area contributed by atoms with Crippen molar-refractivity contribution in [3.63, 3.8) is 0 Å². The molecular weight excluding hydrogens is 274 g/mol. The molecular formula is C14H23N3O2S. The van der Waals surface area contributed by atoms with Crippen LogP contribution in [0, 0.1) is 0 Å². The molecule has 0 spiro atoms. The van der Waals surface area contributed by atoms with E-state index in [0.717, 1.165) is 24.3 Å². The Morgan fingerprint density at radius 2 is 2.05 bits per heavy atom. The Labute approximate surface area is 121 Å². The molecule has 0 saturated carbocycles. The summed E-state index contributed by atoms with van der Waals surface area (Å²) in [6, 6.07) is 4.34. The summed E-state index contributed by atoms with van der Waals surface area (Å²) in [6.07, 6.45) is 2.99. The minimum Gasteiger partial charge on any atom is -0.355 e. The number of sulfone groups is 1. The molecule has 1 aromatic heterocycles. The zero-order valence-corrected chi connectivity index (χ0v) is 13.0. The first-order valence-corrected chi connectivity index (χ1v) is 8.98. The molecule has 2 rings (SSSR count). The zero-order chi connectivity index (χ0) is 14.6. The Morgan fingerprint density at radius 1 is 1.35 bits per heavy atom. The summed E-state index contributed by atoms with van der Waals surface area (Å²) in [5.41, 5.74) is 1.16. The lowest BCUT2D eigenvalue weighted by Gasteiger charge is -2.28. The molecule has 0 bridgehead atoms. The van der Waals surface area contributed by atoms with Crippen molar-refractivity contribution in [2.24, 2.45) is 0 Å². The molecule has 1 aliphatic rings. The number of aromatic nitrogens is 1. The maximum absolute atomic E-state index is 11.4. The first-order valence-electron chi connectivity index (χ1n) is 7.16. The molecule has 5 nitrogen and oxygen atoms in total. The van der Waals surface area contributed by atoms with E-state index in [1.165, 1.54) is 0 Å². The predicted molar refractivity (Wildman–Crippen MR) is 81.8 cm³/mol. The SMILES string of the molecule is CCCNC(C)c1ccc(N2CCS(=O)(=O)CC2)nc1. The van der Waals surface area contributed by atoms with Crippen LogP contribution in [0.25, 0.3) is 0 Å². The fourth-order valence-electron chi connectivity index (χ4n) is 2.26. The van der Waals surface area contributed by atoms with Crippen LogP contribution in [0.5, 0.6) is 0 Å². The van der Waals surface area contributed by atoms with Gasteiger partial charge in [-0.1, -0.05) is 13.0 Å². The Bertz CT molecular complexity index is 514. The average Bonchev–Trinajstić information content (AvgIpc) is 2.45. The van der Waals surface area contributed by atoms with Crippen LogP contribution in [-0.4, -0.2) is 44.5 Å². The van der Waals surface area contributed by atoms with Gasteiger partial charge in [0.1, 0.15) is 5.82 Å². The van der Waals surface area contributed by atoms with Gasteiger partial charge < -0.3 is 10.2 Å². The molecule has 1 aliphatic heterocycles. The minimum absolute atomic E-state index is 0.227. The molecule has 6 heteroatoms. The fraction of sp³-hybridized carbons (Fsp3) is 0.643. The summed E-state index contributed by atoms with van der Waals surface area (Å²) in [4.78, 5) is 6.51. The van der Waals surface area contributed by atoms with Crippen molar-refractivity contribution in [3.8, 4) is 0 Å². The molecule has 112 valence electrons. The zero-order valence-electron chi connectivity index (χ0n) is 12.2. The summed E-state index contributed by atoms with van der Waals surface area (Å²) in [5, 5.41) is 3.43. The standard InChI is InChI=1S/C14H23N3O2S/c1-3-6-15-12(2)13-4-5-14(16-11-13)17-7-9-20(18,19)10-8-17/h4-5,11-12,15H,3,6-10H2,1-2H3. The van der Waals surface area contributed by atoms with Crippen LogP contribution < -0.4 is 10.2 Å². The molecule has 0 aliphatic carbocycles. The van der Waals surface area contributed by atoms with Crippen molar-refractivity contribution in [1.29, 1.82) is 0 Å². The van der Waals surface area contributed by atoms with Crippen LogP contribution in [0.4, 0.5) is 5.82 Å². The first-order chi connectivity index (χ1) is 9.52. The maximum atomic E-state index is 11.4. The van der Waals surface area contributed by atoms with Gasteiger partial charge in [-0.3, -0.25) is 0 Å². The van der Waals surface area contributed by atoms with E-state index in [2.05, 4.69) is 30.2 Å². The normalized spacial score (nSPS) is 19.8. The van der Waals surface area contributed by atoms with Crippen molar-refractivity contribution in [2.75, 3.05) is 36.0 Å². The van der Waals surface area contributed by atoms with E-state index >= 15 is 0 Å². The third kappa shape index (κ3) is 3.93. The van der Waals surface area contributed by atoms with E-state index in [1.807, 2.05) is 17.2 Å². The number of hydrogen-bond acceptors (Lipinski definition) is 5. The van der Waals surface area contributed by atoms with E-state index in [0.29, 0.717) is 19.1 Å². The fourth-order valence-corrected chi connectivity index (χ4v) is 3.46. The molecule has 0 aromatic carbocycles. The van der Waals surface area contributed by atoms with Gasteiger partial charge >= 0.3 is 0 Å². The molecule has 1 saturated heterocycles. The summed E-state index contributed by atoms with van der Waals surface area (Å²) in [6.45, 7) is 6.34. The van der Waals surface area contributed by atoms with Crippen LogP contribution in [0.15, 0.2) is 18.3 Å². The second-order valence-electron chi connectivity index (χ2n) is 5.26. The van der Waals surface area contributed by atoms with Crippen LogP contribution in [-0.2, 0) is 9.84 Å². The summed E-state index contributed by atoms with van der Waals surface area (Å²) in [7, 11) is -2.83. The topological polar surface area (TPSA) is 62.3 Å². The number of pyridine rings is 1. The molecule has 2 heterocycles. The lowest BCUT2D eigenvalue weighted by molar-refractivity contribution is 0.569. The Hall–Kier alpha value is -1.14. The van der Waals surface area contributed by atoms with Crippen LogP contribution >= 0.6 is 0 Å². The van der Waals surface area contributed by atoms with Gasteiger partial charge in [0.15, 0.2) is 9.84 Å². The van der Waals surface area contributed by atoms with Crippen molar-refractivity contribution in [2.45, 2.75) is 26.3 Å². The molecule has 1 unspecified atom stereocenters. The van der Waals surface area contributed by atoms with Crippen LogP contribution in [0.2, 0.25) is 0 Å². The van der Waals surface area contributed by atoms with Gasteiger partial charge in [0.2, 0.25) is 0 Å². The number of nitrogens with one attached hydrogen (secondary N) is 1. The largest absolute Gasteiger partial charge is 0.355 e. The quantitative estimate of drug-likeness (QED) is 0.889. The van der Waals surface area contributed by atoms with E-state index in [4.69, 9.17) is 0 Å². The van der Waals surface area contributed by atoms with Gasteiger partial charge in [0.05, 0.1) is 11.5 Å². The number of nitrogens with zero attached hydrogens (tertiary/aromatic N) is 2. The number of anilines is 1. The van der Waals surface area contributed by atoms with Crippen molar-refractivity contribution < 1.29 is 8.42 Å². The molecule has 1 fully saturated rings. The van der Waals surface area contributed by atoms with E-state index in [9.17, 15) is 8.42 Å².